The molecule has 0 spiro atoms. The van der Waals surface area contributed by atoms with Crippen LogP contribution >= 0.6 is 0 Å². The highest BCUT2D eigenvalue weighted by Gasteiger charge is 2.33. The summed E-state index contributed by atoms with van der Waals surface area (Å²) in [6.45, 7) is 9.95. The summed E-state index contributed by atoms with van der Waals surface area (Å²) in [4.78, 5) is 20.0. The quantitative estimate of drug-likeness (QED) is 0.0379. The van der Waals surface area contributed by atoms with Gasteiger partial charge in [-0.2, -0.15) is 25.3 Å². The zero-order valence-electron chi connectivity index (χ0n) is 44.9. The number of rotatable bonds is 52. The standard InChI is InChI=1S/2C24H50O4S.C4H6O7S/c2*1-3-5-7-9-11-13-15-17-19-21-23-27-29(25,26)28-24-22-20-18-16-14-12-10-8-6-4-2;5-3(6)1-2(4(7)8)12(9,10)11/h2*3-24H2,1-2H3;2H,1H2,(H,5,6)(H,7,8)(H,9,10,11). The smallest absolute Gasteiger partial charge is 0.399 e. The third kappa shape index (κ3) is 60.9. The van der Waals surface area contributed by atoms with Crippen LogP contribution in [0.1, 0.15) is 291 Å². The first-order valence-electron chi connectivity index (χ1n) is 28.0. The van der Waals surface area contributed by atoms with Crippen LogP contribution in [0.2, 0.25) is 0 Å². The fourth-order valence-corrected chi connectivity index (χ4v) is 9.58. The lowest BCUT2D eigenvalue weighted by Crippen LogP contribution is -2.31. The van der Waals surface area contributed by atoms with E-state index in [1.807, 2.05) is 0 Å². The molecule has 0 saturated carbocycles. The molecule has 0 aromatic rings. The molecule has 0 aromatic carbocycles. The lowest BCUT2D eigenvalue weighted by Gasteiger charge is -2.06. The van der Waals surface area contributed by atoms with Crippen molar-refractivity contribution in [1.29, 1.82) is 0 Å². The van der Waals surface area contributed by atoms with E-state index in [0.717, 1.165) is 77.0 Å². The Morgan fingerprint density at radius 1 is 0.329 bits per heavy atom. The SMILES string of the molecule is CCCCCCCCCCCCOS(=O)(=O)OCCCCCCCCCCCC.CCCCCCCCCCCCOS(=O)(=O)OCCCCCCCCCCCC.O=C(O)CC(C(=O)O)S(=O)(=O)O. The van der Waals surface area contributed by atoms with Gasteiger partial charge in [0, 0.05) is 0 Å². The van der Waals surface area contributed by atoms with E-state index < -0.39 is 54.5 Å². The molecular weight excluding hydrogens is 961 g/mol. The van der Waals surface area contributed by atoms with Crippen LogP contribution in [-0.4, -0.2) is 83.6 Å². The lowest BCUT2D eigenvalue weighted by atomic mass is 10.1. The highest BCUT2D eigenvalue weighted by atomic mass is 32.3. The summed E-state index contributed by atoms with van der Waals surface area (Å²) < 4.78 is 95.3. The Morgan fingerprint density at radius 3 is 0.629 bits per heavy atom. The molecule has 422 valence electrons. The monoisotopic (exact) mass is 1070 g/mol. The molecule has 0 heterocycles. The molecule has 0 radical (unpaired) electrons. The van der Waals surface area contributed by atoms with Crippen LogP contribution in [0.25, 0.3) is 0 Å². The molecule has 0 bridgehead atoms. The Labute approximate surface area is 429 Å². The van der Waals surface area contributed by atoms with Crippen LogP contribution in [0.15, 0.2) is 0 Å². The first kappa shape index (κ1) is 72.8. The minimum Gasteiger partial charge on any atom is -0.481 e. The number of carboxylic acid groups (broad SMARTS) is 2. The van der Waals surface area contributed by atoms with Crippen molar-refractivity contribution in [3.63, 3.8) is 0 Å². The minimum absolute atomic E-state index is 0.247. The molecule has 0 aliphatic rings. The maximum atomic E-state index is 11.7. The van der Waals surface area contributed by atoms with Crippen LogP contribution in [0, 0.1) is 0 Å². The first-order chi connectivity index (χ1) is 33.5. The Kier molecular flexibility index (Phi) is 56.1. The van der Waals surface area contributed by atoms with Crippen LogP contribution in [0.3, 0.4) is 0 Å². The Morgan fingerprint density at radius 2 is 0.500 bits per heavy atom. The topological polar surface area (TPSA) is 234 Å². The molecule has 0 aromatic heterocycles. The van der Waals surface area contributed by atoms with Gasteiger partial charge in [-0.3, -0.25) is 14.1 Å². The molecule has 3 N–H and O–H groups in total. The maximum Gasteiger partial charge on any atom is 0.399 e. The van der Waals surface area contributed by atoms with Gasteiger partial charge in [0.2, 0.25) is 0 Å². The number of unbranched alkanes of at least 4 members (excludes halogenated alkanes) is 36. The molecule has 0 aliphatic heterocycles. The summed E-state index contributed by atoms with van der Waals surface area (Å²) in [5, 5.41) is 13.9. The molecule has 18 heteroatoms. The third-order valence-electron chi connectivity index (χ3n) is 11.9. The number of hydrogen-bond donors (Lipinski definition) is 3. The van der Waals surface area contributed by atoms with Gasteiger partial charge in [-0.05, 0) is 25.7 Å². The van der Waals surface area contributed by atoms with E-state index in [0.29, 0.717) is 0 Å². The maximum absolute atomic E-state index is 11.7. The zero-order valence-corrected chi connectivity index (χ0v) is 47.3. The van der Waals surface area contributed by atoms with E-state index in [1.54, 1.807) is 0 Å². The van der Waals surface area contributed by atoms with Gasteiger partial charge in [-0.25, -0.2) is 16.7 Å². The van der Waals surface area contributed by atoms with Crippen molar-refractivity contribution in [2.24, 2.45) is 0 Å². The van der Waals surface area contributed by atoms with Crippen molar-refractivity contribution in [3.8, 4) is 0 Å². The van der Waals surface area contributed by atoms with E-state index in [9.17, 15) is 34.8 Å². The normalized spacial score (nSPS) is 12.2. The molecule has 1 unspecified atom stereocenters. The average Bonchev–Trinajstić information content (AvgIpc) is 3.30. The van der Waals surface area contributed by atoms with Crippen molar-refractivity contribution in [2.45, 2.75) is 296 Å². The summed E-state index contributed by atoms with van der Waals surface area (Å²) in [5.74, 6) is -3.50. The summed E-state index contributed by atoms with van der Waals surface area (Å²) in [5.41, 5.74) is 0. The highest BCUT2D eigenvalue weighted by molar-refractivity contribution is 7.87. The van der Waals surface area contributed by atoms with Crippen LogP contribution in [-0.2, 0) is 57.2 Å². The molecule has 0 aliphatic carbocycles. The van der Waals surface area contributed by atoms with Gasteiger partial charge in [0.25, 0.3) is 10.1 Å². The zero-order chi connectivity index (χ0) is 52.9. The second-order valence-electron chi connectivity index (χ2n) is 18.8. The molecule has 1 atom stereocenters. The lowest BCUT2D eigenvalue weighted by molar-refractivity contribution is -0.143. The van der Waals surface area contributed by atoms with Crippen molar-refractivity contribution in [3.05, 3.63) is 0 Å². The average molecular weight is 1070 g/mol. The minimum atomic E-state index is -4.84. The molecule has 15 nitrogen and oxygen atoms in total. The fraction of sp³-hybridized carbons (Fsp3) is 0.962. The molecule has 0 fully saturated rings. The number of carboxylic acids is 2. The number of carbonyl (C=O) groups is 2. The van der Waals surface area contributed by atoms with Gasteiger partial charge in [0.05, 0.1) is 32.8 Å². The van der Waals surface area contributed by atoms with Gasteiger partial charge in [0.15, 0.2) is 5.25 Å². The highest BCUT2D eigenvalue weighted by Crippen LogP contribution is 2.15. The predicted octanol–water partition coefficient (Wildman–Crippen LogP) is 15.0. The van der Waals surface area contributed by atoms with E-state index in [4.69, 9.17) is 31.5 Å². The molecule has 70 heavy (non-hydrogen) atoms. The molecule has 0 rings (SSSR count). The Bertz CT molecular complexity index is 1320. The van der Waals surface area contributed by atoms with Gasteiger partial charge < -0.3 is 10.2 Å². The van der Waals surface area contributed by atoms with Gasteiger partial charge >= 0.3 is 32.7 Å². The van der Waals surface area contributed by atoms with Crippen molar-refractivity contribution >= 4 is 42.9 Å². The van der Waals surface area contributed by atoms with Gasteiger partial charge in [0.1, 0.15) is 0 Å². The largest absolute Gasteiger partial charge is 0.481 e. The number of aliphatic carboxylic acids is 2. The van der Waals surface area contributed by atoms with Gasteiger partial charge in [-0.15, -0.1) is 0 Å². The van der Waals surface area contributed by atoms with Crippen molar-refractivity contribution in [2.75, 3.05) is 26.4 Å². The van der Waals surface area contributed by atoms with E-state index >= 15 is 0 Å². The van der Waals surface area contributed by atoms with Crippen LogP contribution in [0.4, 0.5) is 0 Å². The van der Waals surface area contributed by atoms with Crippen molar-refractivity contribution < 1.29 is 66.3 Å². The van der Waals surface area contributed by atoms with Gasteiger partial charge in [-0.1, -0.05) is 259 Å². The summed E-state index contributed by atoms with van der Waals surface area (Å²) in [6, 6.07) is 0. The molecular formula is C52H106O15S3. The Hall–Kier alpha value is -1.41. The number of hydrogen-bond acceptors (Lipinski definition) is 12. The first-order valence-corrected chi connectivity index (χ1v) is 32.1. The van der Waals surface area contributed by atoms with Crippen LogP contribution in [0.5, 0.6) is 0 Å². The predicted molar refractivity (Wildman–Crippen MR) is 284 cm³/mol. The van der Waals surface area contributed by atoms with E-state index in [2.05, 4.69) is 27.7 Å². The molecule has 0 amide bonds. The summed E-state index contributed by atoms with van der Waals surface area (Å²) in [6.07, 6.45) is 47.7. The summed E-state index contributed by atoms with van der Waals surface area (Å²) >= 11 is 0. The second kappa shape index (κ2) is 53.9. The fourth-order valence-electron chi connectivity index (χ4n) is 7.55. The third-order valence-corrected chi connectivity index (χ3v) is 14.8. The molecule has 0 saturated heterocycles. The van der Waals surface area contributed by atoms with Crippen molar-refractivity contribution in [1.82, 2.24) is 0 Å². The van der Waals surface area contributed by atoms with Crippen LogP contribution < -0.4 is 0 Å². The summed E-state index contributed by atoms with van der Waals surface area (Å²) in [7, 11) is -12.4. The second-order valence-corrected chi connectivity index (χ2v) is 22.9. The Balaban J connectivity index is -0.00000104. The van der Waals surface area contributed by atoms with E-state index in [-0.39, 0.29) is 26.4 Å². The van der Waals surface area contributed by atoms with E-state index in [1.165, 1.54) is 180 Å².